The summed E-state index contributed by atoms with van der Waals surface area (Å²) in [5.41, 5.74) is 8.82. The molecular weight excluding hydrogens is 595 g/mol. The molecule has 0 N–H and O–H groups in total. The molecule has 0 aliphatic heterocycles. The molecular formula is C36H38Cl2Zr. The van der Waals surface area contributed by atoms with Crippen LogP contribution in [-0.2, 0) is 26.2 Å². The first-order valence-corrected chi connectivity index (χ1v) is 13.6. The molecule has 0 saturated heterocycles. The maximum Gasteiger partial charge on any atom is 4.00 e. The molecule has 2 aromatic carbocycles. The van der Waals surface area contributed by atoms with Gasteiger partial charge >= 0.3 is 26.2 Å². The van der Waals surface area contributed by atoms with Crippen LogP contribution in [0.5, 0.6) is 0 Å². The van der Waals surface area contributed by atoms with Crippen molar-refractivity contribution < 1.29 is 51.0 Å². The number of halogens is 2. The molecule has 0 aromatic heterocycles. The molecule has 4 unspecified atom stereocenters. The number of rotatable bonds is 6. The van der Waals surface area contributed by atoms with Crippen LogP contribution < -0.4 is 24.8 Å². The van der Waals surface area contributed by atoms with E-state index < -0.39 is 0 Å². The molecule has 2 aromatic rings. The first-order valence-electron chi connectivity index (χ1n) is 13.6. The van der Waals surface area contributed by atoms with Gasteiger partial charge in [-0.05, 0) is 45.9 Å². The summed E-state index contributed by atoms with van der Waals surface area (Å²) in [4.78, 5) is 0. The van der Waals surface area contributed by atoms with Gasteiger partial charge in [-0.15, -0.1) is 12.8 Å². The normalized spacial score (nSPS) is 22.1. The van der Waals surface area contributed by atoms with Crippen molar-refractivity contribution in [2.75, 3.05) is 0 Å². The third-order valence-corrected chi connectivity index (χ3v) is 9.06. The van der Waals surface area contributed by atoms with Crippen LogP contribution in [0.2, 0.25) is 0 Å². The van der Waals surface area contributed by atoms with Gasteiger partial charge in [-0.3, -0.25) is 12.2 Å². The van der Waals surface area contributed by atoms with E-state index in [4.69, 9.17) is 0 Å². The van der Waals surface area contributed by atoms with E-state index in [-0.39, 0.29) is 61.8 Å². The molecule has 0 fully saturated rings. The topological polar surface area (TPSA) is 0 Å². The van der Waals surface area contributed by atoms with Crippen molar-refractivity contribution in [3.05, 3.63) is 131 Å². The largest absolute Gasteiger partial charge is 4.00 e. The molecule has 0 radical (unpaired) electrons. The number of hydrogen-bond acceptors (Lipinski definition) is 0. The molecule has 0 bridgehead atoms. The first kappa shape index (κ1) is 33.5. The monoisotopic (exact) mass is 630 g/mol. The molecule has 0 saturated carbocycles. The molecule has 3 heteroatoms. The van der Waals surface area contributed by atoms with Gasteiger partial charge in [0.25, 0.3) is 0 Å². The molecule has 4 aliphatic rings. The Bertz CT molecular complexity index is 1210. The Morgan fingerprint density at radius 1 is 0.641 bits per heavy atom. The summed E-state index contributed by atoms with van der Waals surface area (Å²) < 4.78 is 0. The standard InChI is InChI=1S/2C18H19.2ClH.Zr/c2*1-3-18(2,15-9-5-6-10-15)17-13-12-14-8-4-7-11-16(14)17;;;/h2*4-5,7-9,11-13,17H,3,6H2,1-2H3;2*1H;/q2*-1;;;+4/p-2. The molecule has 39 heavy (non-hydrogen) atoms. The second-order valence-corrected chi connectivity index (χ2v) is 10.9. The fourth-order valence-electron chi connectivity index (χ4n) is 6.36. The zero-order chi connectivity index (χ0) is 25.2. The van der Waals surface area contributed by atoms with Crippen LogP contribution in [-0.4, -0.2) is 0 Å². The van der Waals surface area contributed by atoms with Crippen LogP contribution in [0, 0.1) is 23.0 Å². The smallest absolute Gasteiger partial charge is 1.00 e. The molecule has 4 aliphatic carbocycles. The van der Waals surface area contributed by atoms with Crippen LogP contribution in [0.4, 0.5) is 0 Å². The average Bonchev–Trinajstić information content (AvgIpc) is 3.74. The van der Waals surface area contributed by atoms with E-state index in [0.29, 0.717) is 11.8 Å². The third-order valence-electron chi connectivity index (χ3n) is 9.06. The number of benzene rings is 2. The van der Waals surface area contributed by atoms with E-state index in [1.807, 2.05) is 0 Å². The average molecular weight is 633 g/mol. The zero-order valence-corrected chi connectivity index (χ0v) is 27.4. The van der Waals surface area contributed by atoms with Gasteiger partial charge in [-0.25, -0.2) is 23.3 Å². The van der Waals surface area contributed by atoms with Crippen LogP contribution >= 0.6 is 0 Å². The number of fused-ring (bicyclic) bond motifs is 2. The van der Waals surface area contributed by atoms with Gasteiger partial charge in [-0.1, -0.05) is 101 Å². The Labute approximate surface area is 268 Å². The quantitative estimate of drug-likeness (QED) is 0.426. The van der Waals surface area contributed by atoms with Gasteiger partial charge in [0.1, 0.15) is 0 Å². The van der Waals surface area contributed by atoms with E-state index >= 15 is 0 Å². The van der Waals surface area contributed by atoms with Crippen LogP contribution in [0.3, 0.4) is 0 Å². The van der Waals surface area contributed by atoms with Crippen molar-refractivity contribution in [2.24, 2.45) is 10.8 Å². The Morgan fingerprint density at radius 2 is 1.03 bits per heavy atom. The Kier molecular flexibility index (Phi) is 12.3. The Morgan fingerprint density at radius 3 is 1.36 bits per heavy atom. The number of hydrogen-bond donors (Lipinski definition) is 0. The van der Waals surface area contributed by atoms with Crippen molar-refractivity contribution in [3.63, 3.8) is 0 Å². The second kappa shape index (κ2) is 14.3. The van der Waals surface area contributed by atoms with E-state index in [9.17, 15) is 0 Å². The maximum absolute atomic E-state index is 3.53. The maximum atomic E-state index is 3.53. The zero-order valence-electron chi connectivity index (χ0n) is 23.5. The van der Waals surface area contributed by atoms with Gasteiger partial charge in [0.15, 0.2) is 0 Å². The van der Waals surface area contributed by atoms with Gasteiger partial charge in [-0.2, -0.15) is 12.2 Å². The summed E-state index contributed by atoms with van der Waals surface area (Å²) >= 11 is 0. The summed E-state index contributed by atoms with van der Waals surface area (Å²) in [7, 11) is 0. The van der Waals surface area contributed by atoms with E-state index in [1.54, 1.807) is 0 Å². The molecule has 0 nitrogen and oxygen atoms in total. The summed E-state index contributed by atoms with van der Waals surface area (Å²) in [6.07, 6.45) is 29.5. The van der Waals surface area contributed by atoms with Crippen molar-refractivity contribution in [3.8, 4) is 0 Å². The molecule has 6 rings (SSSR count). The predicted molar refractivity (Wildman–Crippen MR) is 154 cm³/mol. The van der Waals surface area contributed by atoms with Crippen molar-refractivity contribution in [2.45, 2.75) is 65.2 Å². The minimum atomic E-state index is 0. The van der Waals surface area contributed by atoms with E-state index in [2.05, 4.69) is 137 Å². The molecule has 4 atom stereocenters. The van der Waals surface area contributed by atoms with Crippen molar-refractivity contribution in [1.82, 2.24) is 0 Å². The van der Waals surface area contributed by atoms with Crippen molar-refractivity contribution >= 4 is 12.2 Å². The molecule has 0 amide bonds. The van der Waals surface area contributed by atoms with Crippen LogP contribution in [0.1, 0.15) is 87.5 Å². The minimum absolute atomic E-state index is 0. The van der Waals surface area contributed by atoms with Crippen LogP contribution in [0.15, 0.2) is 96.1 Å². The molecule has 0 spiro atoms. The molecule has 0 heterocycles. The summed E-state index contributed by atoms with van der Waals surface area (Å²) in [5.74, 6) is 0.980. The number of allylic oxidation sites excluding steroid dienone is 10. The summed E-state index contributed by atoms with van der Waals surface area (Å²) in [5, 5.41) is 0. The van der Waals surface area contributed by atoms with Crippen LogP contribution in [0.25, 0.3) is 12.2 Å². The second-order valence-electron chi connectivity index (χ2n) is 10.9. The van der Waals surface area contributed by atoms with Gasteiger partial charge in [0.2, 0.25) is 0 Å². The third kappa shape index (κ3) is 6.32. The van der Waals surface area contributed by atoms with E-state index in [1.165, 1.54) is 33.4 Å². The van der Waals surface area contributed by atoms with Gasteiger partial charge in [0, 0.05) is 11.8 Å². The van der Waals surface area contributed by atoms with Gasteiger partial charge in [0.05, 0.1) is 0 Å². The fraction of sp³-hybridized carbons (Fsp3) is 0.333. The SMILES string of the molecule is CCC(C)(C1=[C-]CC=C1)C1C=Cc2ccccc21.CCC(C)(C1=[C-]CC=C1)C1C=Cc2ccccc21.[Cl-].[Cl-].[Zr+4]. The summed E-state index contributed by atoms with van der Waals surface area (Å²) in [6, 6.07) is 17.5. The van der Waals surface area contributed by atoms with Crippen molar-refractivity contribution in [1.29, 1.82) is 0 Å². The Balaban J connectivity index is 0.000000254. The molecule has 200 valence electrons. The summed E-state index contributed by atoms with van der Waals surface area (Å²) in [6.45, 7) is 9.33. The Hall–Kier alpha value is -1.66. The van der Waals surface area contributed by atoms with E-state index in [0.717, 1.165) is 25.7 Å². The predicted octanol–water partition coefficient (Wildman–Crippen LogP) is 3.81. The minimum Gasteiger partial charge on any atom is -1.00 e. The van der Waals surface area contributed by atoms with Gasteiger partial charge < -0.3 is 24.8 Å². The first-order chi connectivity index (χ1) is 17.5. The fourth-order valence-corrected chi connectivity index (χ4v) is 6.36.